The highest BCUT2D eigenvalue weighted by Crippen LogP contribution is 2.22. The van der Waals surface area contributed by atoms with E-state index in [-0.39, 0.29) is 18.9 Å². The molecule has 2 aliphatic heterocycles. The van der Waals surface area contributed by atoms with Gasteiger partial charge in [-0.05, 0) is 69.9 Å². The summed E-state index contributed by atoms with van der Waals surface area (Å²) < 4.78 is 60.4. The van der Waals surface area contributed by atoms with Crippen molar-refractivity contribution in [2.45, 2.75) is 57.0 Å². The number of carbonyl (C=O) groups is 2. The largest absolute Gasteiger partial charge is 0.490 e. The lowest BCUT2D eigenvalue weighted by Crippen LogP contribution is -2.47. The fourth-order valence-electron chi connectivity index (χ4n) is 4.42. The van der Waals surface area contributed by atoms with Crippen molar-refractivity contribution in [1.29, 1.82) is 0 Å². The number of benzene rings is 1. The number of piperidine rings is 1. The van der Waals surface area contributed by atoms with E-state index in [0.717, 1.165) is 50.3 Å². The van der Waals surface area contributed by atoms with Crippen LogP contribution in [0.15, 0.2) is 23.1 Å². The Labute approximate surface area is 223 Å². The number of hydrogen-bond acceptors (Lipinski definition) is 6. The van der Waals surface area contributed by atoms with Crippen LogP contribution in [0, 0.1) is 13.8 Å². The number of halogens is 3. The Bertz CT molecular complexity index is 1020. The number of carboxylic acid groups (broad SMARTS) is 1. The first kappa shape index (κ1) is 32.0. The fourth-order valence-corrected chi connectivity index (χ4v) is 6.21. The Morgan fingerprint density at radius 2 is 1.63 bits per heavy atom. The molecule has 13 heteroatoms. The van der Waals surface area contributed by atoms with Crippen molar-refractivity contribution in [3.63, 3.8) is 0 Å². The Kier molecular flexibility index (Phi) is 12.5. The molecule has 0 spiro atoms. The molecule has 2 aliphatic rings. The second-order valence-corrected chi connectivity index (χ2v) is 11.5. The summed E-state index contributed by atoms with van der Waals surface area (Å²) >= 11 is 0. The average Bonchev–Trinajstić information content (AvgIpc) is 2.88. The van der Waals surface area contributed by atoms with Crippen molar-refractivity contribution in [2.24, 2.45) is 0 Å². The molecule has 216 valence electrons. The minimum atomic E-state index is -5.08. The van der Waals surface area contributed by atoms with Gasteiger partial charge < -0.3 is 20.2 Å². The molecule has 9 nitrogen and oxygen atoms in total. The van der Waals surface area contributed by atoms with Gasteiger partial charge in [-0.25, -0.2) is 13.2 Å². The third kappa shape index (κ3) is 10.2. The van der Waals surface area contributed by atoms with Crippen LogP contribution in [0.2, 0.25) is 0 Å². The topological polar surface area (TPSA) is 110 Å². The number of aryl methyl sites for hydroxylation is 2. The van der Waals surface area contributed by atoms with Gasteiger partial charge in [-0.2, -0.15) is 17.5 Å². The lowest BCUT2D eigenvalue weighted by atomic mass is 10.1. The summed E-state index contributed by atoms with van der Waals surface area (Å²) in [6.07, 6.45) is -0.328. The Morgan fingerprint density at radius 3 is 2.21 bits per heavy atom. The van der Waals surface area contributed by atoms with E-state index in [1.165, 1.54) is 19.3 Å². The van der Waals surface area contributed by atoms with Crippen LogP contribution in [-0.2, 0) is 19.6 Å². The van der Waals surface area contributed by atoms with Gasteiger partial charge in [-0.15, -0.1) is 0 Å². The standard InChI is InChI=1S/C23H38N4O3S.C2HF3O2/c1-20-7-8-21(2)22(19-20)31(29,30)27(15-6-14-25-12-4-3-5-13-25)16-9-23(28)26-17-10-24-11-18-26;3-2(4,5)1(6)7/h7-8,19,24H,3-6,9-18H2,1-2H3;(H,6,7). The van der Waals surface area contributed by atoms with E-state index in [4.69, 9.17) is 9.90 Å². The molecule has 0 saturated carbocycles. The molecule has 1 amide bonds. The molecule has 2 N–H and O–H groups in total. The van der Waals surface area contributed by atoms with Gasteiger partial charge in [0.15, 0.2) is 0 Å². The molecule has 0 bridgehead atoms. The van der Waals surface area contributed by atoms with Crippen LogP contribution in [0.3, 0.4) is 0 Å². The third-order valence-corrected chi connectivity index (χ3v) is 8.62. The maximum atomic E-state index is 13.6. The van der Waals surface area contributed by atoms with Crippen molar-refractivity contribution in [3.05, 3.63) is 29.3 Å². The molecule has 1 aromatic carbocycles. The molecule has 1 aromatic rings. The monoisotopic (exact) mass is 564 g/mol. The number of rotatable bonds is 9. The quantitative estimate of drug-likeness (QED) is 0.475. The number of aliphatic carboxylic acids is 1. The summed E-state index contributed by atoms with van der Waals surface area (Å²) in [7, 11) is -3.65. The summed E-state index contributed by atoms with van der Waals surface area (Å²) in [4.78, 5) is 26.2. The van der Waals surface area contributed by atoms with E-state index < -0.39 is 22.2 Å². The van der Waals surface area contributed by atoms with E-state index >= 15 is 0 Å². The van der Waals surface area contributed by atoms with Crippen LogP contribution in [-0.4, -0.2) is 105 Å². The first-order chi connectivity index (χ1) is 17.8. The van der Waals surface area contributed by atoms with Crippen LogP contribution in [0.5, 0.6) is 0 Å². The van der Waals surface area contributed by atoms with Crippen molar-refractivity contribution >= 4 is 21.9 Å². The van der Waals surface area contributed by atoms with Crippen LogP contribution < -0.4 is 5.32 Å². The zero-order chi connectivity index (χ0) is 28.3. The Balaban J connectivity index is 0.000000638. The zero-order valence-corrected chi connectivity index (χ0v) is 22.9. The molecule has 2 saturated heterocycles. The summed E-state index contributed by atoms with van der Waals surface area (Å²) in [6.45, 7) is 10.5. The third-order valence-electron chi connectivity index (χ3n) is 6.58. The zero-order valence-electron chi connectivity index (χ0n) is 22.1. The molecule has 0 aliphatic carbocycles. The normalized spacial score (nSPS) is 17.2. The molecule has 0 unspecified atom stereocenters. The number of nitrogens with one attached hydrogen (secondary N) is 1. The van der Waals surface area contributed by atoms with Gasteiger partial charge >= 0.3 is 12.1 Å². The lowest BCUT2D eigenvalue weighted by Gasteiger charge is -2.30. The molecule has 38 heavy (non-hydrogen) atoms. The number of alkyl halides is 3. The van der Waals surface area contributed by atoms with Gasteiger partial charge in [0.1, 0.15) is 0 Å². The fraction of sp³-hybridized carbons (Fsp3) is 0.680. The Hall–Kier alpha value is -2.22. The highest BCUT2D eigenvalue weighted by Gasteiger charge is 2.38. The molecule has 0 atom stereocenters. The molecule has 2 heterocycles. The van der Waals surface area contributed by atoms with E-state index in [1.54, 1.807) is 10.4 Å². The van der Waals surface area contributed by atoms with E-state index in [0.29, 0.717) is 24.5 Å². The van der Waals surface area contributed by atoms with Gasteiger partial charge in [0.25, 0.3) is 0 Å². The van der Waals surface area contributed by atoms with E-state index in [2.05, 4.69) is 10.2 Å². The smallest absolute Gasteiger partial charge is 0.475 e. The number of carboxylic acids is 1. The van der Waals surface area contributed by atoms with Crippen LogP contribution >= 0.6 is 0 Å². The number of likely N-dealkylation sites (tertiary alicyclic amines) is 1. The summed E-state index contributed by atoms with van der Waals surface area (Å²) in [5.41, 5.74) is 1.68. The maximum absolute atomic E-state index is 13.6. The summed E-state index contributed by atoms with van der Waals surface area (Å²) in [6, 6.07) is 5.55. The van der Waals surface area contributed by atoms with Crippen LogP contribution in [0.4, 0.5) is 13.2 Å². The first-order valence-corrected chi connectivity index (χ1v) is 14.3. The summed E-state index contributed by atoms with van der Waals surface area (Å²) in [5, 5.41) is 10.4. The summed E-state index contributed by atoms with van der Waals surface area (Å²) in [5.74, 6) is -2.72. The minimum absolute atomic E-state index is 0.0405. The van der Waals surface area contributed by atoms with Gasteiger partial charge in [0, 0.05) is 45.7 Å². The number of hydrogen-bond donors (Lipinski definition) is 2. The van der Waals surface area contributed by atoms with Gasteiger partial charge in [-0.1, -0.05) is 18.6 Å². The molecular formula is C25H39F3N4O5S. The highest BCUT2D eigenvalue weighted by atomic mass is 32.2. The van der Waals surface area contributed by atoms with Crippen molar-refractivity contribution in [2.75, 3.05) is 58.9 Å². The van der Waals surface area contributed by atoms with Crippen molar-refractivity contribution in [1.82, 2.24) is 19.4 Å². The second-order valence-electron chi connectivity index (χ2n) is 9.61. The first-order valence-electron chi connectivity index (χ1n) is 12.9. The molecular weight excluding hydrogens is 525 g/mol. The molecule has 3 rings (SSSR count). The molecule has 0 radical (unpaired) electrons. The van der Waals surface area contributed by atoms with Gasteiger partial charge in [-0.3, -0.25) is 4.79 Å². The van der Waals surface area contributed by atoms with Crippen LogP contribution in [0.1, 0.15) is 43.2 Å². The predicted octanol–water partition coefficient (Wildman–Crippen LogP) is 2.63. The maximum Gasteiger partial charge on any atom is 0.490 e. The second kappa shape index (κ2) is 14.8. The predicted molar refractivity (Wildman–Crippen MR) is 137 cm³/mol. The van der Waals surface area contributed by atoms with Gasteiger partial charge in [0.2, 0.25) is 15.9 Å². The number of nitrogens with zero attached hydrogens (tertiary/aromatic N) is 3. The number of amides is 1. The van der Waals surface area contributed by atoms with Gasteiger partial charge in [0.05, 0.1) is 4.90 Å². The van der Waals surface area contributed by atoms with E-state index in [9.17, 15) is 26.4 Å². The molecule has 0 aromatic heterocycles. The number of carbonyl (C=O) groups excluding carboxylic acids is 1. The SMILES string of the molecule is Cc1ccc(C)c(S(=O)(=O)N(CCCN2CCCCC2)CCC(=O)N2CCNCC2)c1.O=C(O)C(F)(F)F. The lowest BCUT2D eigenvalue weighted by molar-refractivity contribution is -0.192. The molecule has 2 fully saturated rings. The number of sulfonamides is 1. The highest BCUT2D eigenvalue weighted by molar-refractivity contribution is 7.89. The number of piperazine rings is 1. The Morgan fingerprint density at radius 1 is 1.03 bits per heavy atom. The van der Waals surface area contributed by atoms with Crippen LogP contribution in [0.25, 0.3) is 0 Å². The van der Waals surface area contributed by atoms with E-state index in [1.807, 2.05) is 30.9 Å². The average molecular weight is 565 g/mol. The van der Waals surface area contributed by atoms with Crippen molar-refractivity contribution in [3.8, 4) is 0 Å². The minimum Gasteiger partial charge on any atom is -0.475 e. The van der Waals surface area contributed by atoms with Crippen molar-refractivity contribution < 1.29 is 36.3 Å².